The van der Waals surface area contributed by atoms with Gasteiger partial charge in [0.1, 0.15) is 18.0 Å². The van der Waals surface area contributed by atoms with Crippen LogP contribution in [0.2, 0.25) is 0 Å². The van der Waals surface area contributed by atoms with Crippen molar-refractivity contribution in [3.05, 3.63) is 58.1 Å². The topological polar surface area (TPSA) is 176 Å². The Bertz CT molecular complexity index is 1150. The number of nitrogens with one attached hydrogen (secondary N) is 1. The van der Waals surface area contributed by atoms with E-state index in [2.05, 4.69) is 10.3 Å². The van der Waals surface area contributed by atoms with E-state index in [9.17, 15) is 24.3 Å². The standard InChI is InChI=1S/C24H29N3O10/c1-14-12-27(24(33)26-21(14)25-22(32)15-6-4-3-5-7-15)23-20(37-18(31)9-8-17(29)30)19(16(13-28)36-23)35-11-10-34-2/h3-7,12,16,19-20,23,28H,8-11,13H2,1-2H3,(H,29,30)(H,25,26,32,33)/t16-,19-,20-,23-/m1/s1. The molecule has 1 aliphatic heterocycles. The third kappa shape index (κ3) is 7.20. The fraction of sp³-hybridized carbons (Fsp3) is 0.458. The van der Waals surface area contributed by atoms with E-state index in [0.29, 0.717) is 11.1 Å². The molecule has 0 bridgehead atoms. The van der Waals surface area contributed by atoms with Crippen LogP contribution in [0.1, 0.15) is 35.0 Å². The number of hydrogen-bond donors (Lipinski definition) is 3. The van der Waals surface area contributed by atoms with Gasteiger partial charge in [-0.1, -0.05) is 18.2 Å². The number of aliphatic hydroxyl groups is 1. The summed E-state index contributed by atoms with van der Waals surface area (Å²) in [6.07, 6.45) is -3.89. The number of ether oxygens (including phenoxy) is 4. The summed E-state index contributed by atoms with van der Waals surface area (Å²) in [5.74, 6) is -2.44. The molecule has 1 saturated heterocycles. The van der Waals surface area contributed by atoms with E-state index in [1.807, 2.05) is 0 Å². The highest BCUT2D eigenvalue weighted by molar-refractivity contribution is 6.04. The van der Waals surface area contributed by atoms with Crippen molar-refractivity contribution in [2.45, 2.75) is 44.3 Å². The molecule has 13 nitrogen and oxygen atoms in total. The van der Waals surface area contributed by atoms with E-state index < -0.39 is 67.5 Å². The first-order chi connectivity index (χ1) is 17.7. The summed E-state index contributed by atoms with van der Waals surface area (Å²) >= 11 is 0. The highest BCUT2D eigenvalue weighted by atomic mass is 16.6. The summed E-state index contributed by atoms with van der Waals surface area (Å²) in [6, 6.07) is 8.39. The van der Waals surface area contributed by atoms with Crippen molar-refractivity contribution in [1.29, 1.82) is 0 Å². The molecule has 0 unspecified atom stereocenters. The summed E-state index contributed by atoms with van der Waals surface area (Å²) in [7, 11) is 1.47. The van der Waals surface area contributed by atoms with Crippen LogP contribution < -0.4 is 11.0 Å². The average Bonchev–Trinajstić information content (AvgIpc) is 3.22. The molecule has 3 rings (SSSR count). The van der Waals surface area contributed by atoms with Gasteiger partial charge in [-0.2, -0.15) is 4.98 Å². The van der Waals surface area contributed by atoms with Gasteiger partial charge in [0, 0.05) is 24.4 Å². The lowest BCUT2D eigenvalue weighted by molar-refractivity contribution is -0.162. The predicted molar refractivity (Wildman–Crippen MR) is 127 cm³/mol. The van der Waals surface area contributed by atoms with E-state index in [-0.39, 0.29) is 19.0 Å². The number of aromatic nitrogens is 2. The number of anilines is 1. The smallest absolute Gasteiger partial charge is 0.351 e. The van der Waals surface area contributed by atoms with Gasteiger partial charge in [-0.05, 0) is 19.1 Å². The van der Waals surface area contributed by atoms with Gasteiger partial charge < -0.3 is 34.5 Å². The molecule has 1 amide bonds. The van der Waals surface area contributed by atoms with Gasteiger partial charge in [-0.3, -0.25) is 19.0 Å². The highest BCUT2D eigenvalue weighted by Crippen LogP contribution is 2.33. The number of nitrogens with zero attached hydrogens (tertiary/aromatic N) is 2. The van der Waals surface area contributed by atoms with Crippen LogP contribution in [0, 0.1) is 6.92 Å². The Morgan fingerprint density at radius 2 is 1.86 bits per heavy atom. The van der Waals surface area contributed by atoms with Crippen molar-refractivity contribution < 1.29 is 43.5 Å². The van der Waals surface area contributed by atoms with Crippen molar-refractivity contribution in [2.24, 2.45) is 0 Å². The number of aryl methyl sites for hydroxylation is 1. The third-order valence-corrected chi connectivity index (χ3v) is 5.55. The molecule has 0 spiro atoms. The molecule has 1 aliphatic rings. The number of aliphatic carboxylic acids is 1. The SMILES string of the molecule is COCCO[C@H]1[C@@H](OC(=O)CCC(=O)O)[C@H](n2cc(C)c(NC(=O)c3ccccc3)nc2=O)O[C@@H]1CO. The summed E-state index contributed by atoms with van der Waals surface area (Å²) < 4.78 is 23.1. The van der Waals surface area contributed by atoms with Gasteiger partial charge in [-0.25, -0.2) is 4.79 Å². The second-order valence-corrected chi connectivity index (χ2v) is 8.21. The lowest BCUT2D eigenvalue weighted by Crippen LogP contribution is -2.41. The second-order valence-electron chi connectivity index (χ2n) is 8.21. The Labute approximate surface area is 211 Å². The molecule has 13 heteroatoms. The lowest BCUT2D eigenvalue weighted by Gasteiger charge is -2.25. The Hall–Kier alpha value is -3.65. The number of carbonyl (C=O) groups is 3. The Morgan fingerprint density at radius 3 is 2.51 bits per heavy atom. The number of aliphatic hydroxyl groups excluding tert-OH is 1. The first-order valence-electron chi connectivity index (χ1n) is 11.5. The van der Waals surface area contributed by atoms with E-state index in [0.717, 1.165) is 4.57 Å². The van der Waals surface area contributed by atoms with Crippen LogP contribution >= 0.6 is 0 Å². The fourth-order valence-electron chi connectivity index (χ4n) is 3.74. The molecule has 0 saturated carbocycles. The molecular formula is C24H29N3O10. The Morgan fingerprint density at radius 1 is 1.14 bits per heavy atom. The van der Waals surface area contributed by atoms with Gasteiger partial charge in [-0.15, -0.1) is 0 Å². The Kier molecular flexibility index (Phi) is 9.85. The molecule has 0 aliphatic carbocycles. The zero-order chi connectivity index (χ0) is 26.9. The molecule has 0 radical (unpaired) electrons. The van der Waals surface area contributed by atoms with E-state index in [4.69, 9.17) is 24.1 Å². The molecule has 37 heavy (non-hydrogen) atoms. The number of carboxylic acids is 1. The number of rotatable bonds is 12. The maximum atomic E-state index is 13.0. The number of esters is 1. The molecule has 4 atom stereocenters. The van der Waals surface area contributed by atoms with Gasteiger partial charge in [0.05, 0.1) is 32.7 Å². The van der Waals surface area contributed by atoms with Gasteiger partial charge in [0.2, 0.25) is 0 Å². The number of benzene rings is 1. The lowest BCUT2D eigenvalue weighted by atomic mass is 10.1. The maximum absolute atomic E-state index is 13.0. The minimum absolute atomic E-state index is 0.0368. The van der Waals surface area contributed by atoms with Crippen LogP contribution in [0.3, 0.4) is 0 Å². The number of carbonyl (C=O) groups excluding carboxylic acids is 2. The first-order valence-corrected chi connectivity index (χ1v) is 11.5. The van der Waals surface area contributed by atoms with Crippen LogP contribution in [-0.4, -0.2) is 82.9 Å². The molecule has 2 heterocycles. The van der Waals surface area contributed by atoms with Crippen molar-refractivity contribution in [3.63, 3.8) is 0 Å². The molecule has 1 aromatic heterocycles. The highest BCUT2D eigenvalue weighted by Gasteiger charge is 2.49. The van der Waals surface area contributed by atoms with Gasteiger partial charge in [0.25, 0.3) is 5.91 Å². The zero-order valence-corrected chi connectivity index (χ0v) is 20.4. The van der Waals surface area contributed by atoms with Crippen molar-refractivity contribution in [1.82, 2.24) is 9.55 Å². The van der Waals surface area contributed by atoms with Crippen LogP contribution in [0.5, 0.6) is 0 Å². The quantitative estimate of drug-likeness (QED) is 0.263. The molecular weight excluding hydrogens is 490 g/mol. The molecule has 3 N–H and O–H groups in total. The first kappa shape index (κ1) is 27.9. The van der Waals surface area contributed by atoms with Gasteiger partial charge >= 0.3 is 17.6 Å². The number of carboxylic acid groups (broad SMARTS) is 1. The number of hydrogen-bond acceptors (Lipinski definition) is 10. The number of methoxy groups -OCH3 is 1. The van der Waals surface area contributed by atoms with Crippen molar-refractivity contribution >= 4 is 23.7 Å². The van der Waals surface area contributed by atoms with Gasteiger partial charge in [0.15, 0.2) is 12.3 Å². The summed E-state index contributed by atoms with van der Waals surface area (Å²) in [4.78, 5) is 52.7. The van der Waals surface area contributed by atoms with Crippen LogP contribution in [0.4, 0.5) is 5.82 Å². The Balaban J connectivity index is 1.88. The van der Waals surface area contributed by atoms with E-state index in [1.165, 1.54) is 13.3 Å². The maximum Gasteiger partial charge on any atom is 0.351 e. The van der Waals surface area contributed by atoms with Crippen molar-refractivity contribution in [2.75, 3.05) is 32.2 Å². The van der Waals surface area contributed by atoms with Crippen LogP contribution in [-0.2, 0) is 28.5 Å². The third-order valence-electron chi connectivity index (χ3n) is 5.55. The summed E-state index contributed by atoms with van der Waals surface area (Å²) in [5.41, 5.74) is -0.0327. The van der Waals surface area contributed by atoms with Crippen LogP contribution in [0.25, 0.3) is 0 Å². The largest absolute Gasteiger partial charge is 0.481 e. The zero-order valence-electron chi connectivity index (χ0n) is 20.4. The van der Waals surface area contributed by atoms with Crippen molar-refractivity contribution in [3.8, 4) is 0 Å². The average molecular weight is 520 g/mol. The molecule has 1 aromatic carbocycles. The summed E-state index contributed by atoms with van der Waals surface area (Å²) in [5, 5.41) is 21.3. The molecule has 2 aromatic rings. The van der Waals surface area contributed by atoms with E-state index in [1.54, 1.807) is 37.3 Å². The number of amides is 1. The predicted octanol–water partition coefficient (Wildman–Crippen LogP) is 0.502. The minimum atomic E-state index is -1.24. The normalized spacial score (nSPS) is 20.9. The monoisotopic (exact) mass is 519 g/mol. The second kappa shape index (κ2) is 13.1. The minimum Gasteiger partial charge on any atom is -0.481 e. The molecule has 200 valence electrons. The summed E-state index contributed by atoms with van der Waals surface area (Å²) in [6.45, 7) is 1.38. The molecule has 1 fully saturated rings. The van der Waals surface area contributed by atoms with Crippen LogP contribution in [0.15, 0.2) is 41.3 Å². The fourth-order valence-corrected chi connectivity index (χ4v) is 3.74. The van der Waals surface area contributed by atoms with E-state index >= 15 is 0 Å².